The van der Waals surface area contributed by atoms with E-state index in [1.165, 1.54) is 0 Å². The van der Waals surface area contributed by atoms with Crippen molar-refractivity contribution < 1.29 is 9.90 Å². The third-order valence-corrected chi connectivity index (χ3v) is 5.43. The van der Waals surface area contributed by atoms with Gasteiger partial charge >= 0.3 is 5.97 Å². The van der Waals surface area contributed by atoms with E-state index in [2.05, 4.69) is 20.2 Å². The van der Waals surface area contributed by atoms with Gasteiger partial charge in [0.1, 0.15) is 12.1 Å². The second-order valence-electron chi connectivity index (χ2n) is 5.80. The Labute approximate surface area is 127 Å². The van der Waals surface area contributed by atoms with Crippen LogP contribution < -0.4 is 4.90 Å². The molecule has 6 heteroatoms. The predicted octanol–water partition coefficient (Wildman–Crippen LogP) is 3.08. The highest BCUT2D eigenvalue weighted by Crippen LogP contribution is 2.40. The highest BCUT2D eigenvalue weighted by molar-refractivity contribution is 7.18. The zero-order valence-electron chi connectivity index (χ0n) is 12.3. The summed E-state index contributed by atoms with van der Waals surface area (Å²) < 4.78 is 1.06. The molecule has 1 N–H and O–H groups in total. The van der Waals surface area contributed by atoms with E-state index in [0.29, 0.717) is 13.0 Å². The number of thiophene rings is 1. The van der Waals surface area contributed by atoms with Crippen molar-refractivity contribution in [2.24, 2.45) is 5.41 Å². The van der Waals surface area contributed by atoms with Crippen LogP contribution >= 0.6 is 11.3 Å². The lowest BCUT2D eigenvalue weighted by atomic mass is 9.83. The zero-order valence-corrected chi connectivity index (χ0v) is 13.1. The van der Waals surface area contributed by atoms with E-state index in [-0.39, 0.29) is 0 Å². The molecule has 1 unspecified atom stereocenters. The summed E-state index contributed by atoms with van der Waals surface area (Å²) in [7, 11) is 0. The number of hydrogen-bond donors (Lipinski definition) is 1. The molecular weight excluding hydrogens is 286 g/mol. The minimum absolute atomic E-state index is 0.541. The Morgan fingerprint density at radius 3 is 3.05 bits per heavy atom. The first kappa shape index (κ1) is 14.3. The van der Waals surface area contributed by atoms with Crippen LogP contribution in [-0.4, -0.2) is 34.1 Å². The summed E-state index contributed by atoms with van der Waals surface area (Å²) in [5, 5.41) is 11.7. The van der Waals surface area contributed by atoms with E-state index < -0.39 is 11.4 Å². The van der Waals surface area contributed by atoms with Crippen LogP contribution in [0.5, 0.6) is 0 Å². The highest BCUT2D eigenvalue weighted by Gasteiger charge is 2.44. The largest absolute Gasteiger partial charge is 0.481 e. The fraction of sp³-hybridized carbons (Fsp3) is 0.533. The molecule has 0 saturated carbocycles. The third-order valence-electron chi connectivity index (χ3n) is 4.35. The van der Waals surface area contributed by atoms with Gasteiger partial charge in [-0.05, 0) is 30.7 Å². The number of hydrogen-bond acceptors (Lipinski definition) is 5. The van der Waals surface area contributed by atoms with Gasteiger partial charge in [-0.15, -0.1) is 11.3 Å². The number of rotatable bonds is 4. The van der Waals surface area contributed by atoms with Crippen molar-refractivity contribution in [1.82, 2.24) is 9.97 Å². The zero-order chi connectivity index (χ0) is 15.0. The second-order valence-corrected chi connectivity index (χ2v) is 6.68. The highest BCUT2D eigenvalue weighted by atomic mass is 32.1. The van der Waals surface area contributed by atoms with Gasteiger partial charge in [0.2, 0.25) is 0 Å². The number of fused-ring (bicyclic) bond motifs is 1. The van der Waals surface area contributed by atoms with Crippen molar-refractivity contribution in [3.05, 3.63) is 17.3 Å². The van der Waals surface area contributed by atoms with Gasteiger partial charge in [-0.25, -0.2) is 9.97 Å². The van der Waals surface area contributed by atoms with Crippen LogP contribution in [0.1, 0.15) is 31.7 Å². The lowest BCUT2D eigenvalue weighted by Gasteiger charge is -2.24. The molecule has 1 aliphatic rings. The first-order valence-corrected chi connectivity index (χ1v) is 8.12. The van der Waals surface area contributed by atoms with Crippen LogP contribution in [0.25, 0.3) is 10.2 Å². The van der Waals surface area contributed by atoms with Gasteiger partial charge in [-0.1, -0.05) is 13.3 Å². The van der Waals surface area contributed by atoms with Crippen LogP contribution in [0.2, 0.25) is 0 Å². The predicted molar refractivity (Wildman–Crippen MR) is 84.0 cm³/mol. The number of carboxylic acid groups (broad SMARTS) is 1. The molecule has 0 spiro atoms. The summed E-state index contributed by atoms with van der Waals surface area (Å²) in [4.78, 5) is 22.6. The van der Waals surface area contributed by atoms with Crippen molar-refractivity contribution in [2.45, 2.75) is 33.1 Å². The quantitative estimate of drug-likeness (QED) is 0.940. The summed E-state index contributed by atoms with van der Waals surface area (Å²) in [5.74, 6) is 0.205. The Hall–Kier alpha value is -1.69. The van der Waals surface area contributed by atoms with Crippen LogP contribution in [-0.2, 0) is 4.79 Å². The van der Waals surface area contributed by atoms with Gasteiger partial charge < -0.3 is 10.0 Å². The van der Waals surface area contributed by atoms with Crippen LogP contribution in [0, 0.1) is 12.3 Å². The van der Waals surface area contributed by atoms with Gasteiger partial charge in [-0.2, -0.15) is 0 Å². The van der Waals surface area contributed by atoms with Gasteiger partial charge in [-0.3, -0.25) is 4.79 Å². The molecule has 0 radical (unpaired) electrons. The molecule has 0 bridgehead atoms. The maximum absolute atomic E-state index is 11.7. The van der Waals surface area contributed by atoms with E-state index in [1.807, 2.05) is 13.8 Å². The molecule has 3 heterocycles. The maximum atomic E-state index is 11.7. The normalized spacial score (nSPS) is 22.1. The monoisotopic (exact) mass is 305 g/mol. The van der Waals surface area contributed by atoms with E-state index in [4.69, 9.17) is 0 Å². The Kier molecular flexibility index (Phi) is 3.57. The Morgan fingerprint density at radius 2 is 2.33 bits per heavy atom. The van der Waals surface area contributed by atoms with E-state index in [1.54, 1.807) is 17.7 Å². The minimum Gasteiger partial charge on any atom is -0.481 e. The summed E-state index contributed by atoms with van der Waals surface area (Å²) in [6.45, 7) is 5.37. The number of aromatic nitrogens is 2. The molecule has 0 amide bonds. The standard InChI is InChI=1S/C15H19N3O2S/c1-3-4-15(14(19)20)5-6-18(8-15)13-12-11(16-9-17-13)10(2)7-21-12/h7,9H,3-6,8H2,1-2H3,(H,19,20). The summed E-state index contributed by atoms with van der Waals surface area (Å²) >= 11 is 1.64. The van der Waals surface area contributed by atoms with E-state index >= 15 is 0 Å². The average Bonchev–Trinajstić information content (AvgIpc) is 3.05. The molecule has 1 saturated heterocycles. The van der Waals surface area contributed by atoms with Crippen molar-refractivity contribution in [2.75, 3.05) is 18.0 Å². The Morgan fingerprint density at radius 1 is 1.52 bits per heavy atom. The lowest BCUT2D eigenvalue weighted by molar-refractivity contribution is -0.148. The summed E-state index contributed by atoms with van der Waals surface area (Å²) in [5.41, 5.74) is 1.50. The number of carboxylic acids is 1. The van der Waals surface area contributed by atoms with Crippen molar-refractivity contribution >= 4 is 33.3 Å². The topological polar surface area (TPSA) is 66.3 Å². The SMILES string of the molecule is CCCC1(C(=O)O)CCN(c2ncnc3c(C)csc23)C1. The molecule has 2 aromatic rings. The third kappa shape index (κ3) is 2.27. The maximum Gasteiger partial charge on any atom is 0.311 e. The number of anilines is 1. The molecule has 112 valence electrons. The van der Waals surface area contributed by atoms with Crippen molar-refractivity contribution in [3.8, 4) is 0 Å². The number of aliphatic carboxylic acids is 1. The van der Waals surface area contributed by atoms with Crippen LogP contribution in [0.15, 0.2) is 11.7 Å². The number of aryl methyl sites for hydroxylation is 1. The lowest BCUT2D eigenvalue weighted by Crippen LogP contribution is -2.34. The molecule has 1 fully saturated rings. The minimum atomic E-state index is -0.681. The molecule has 3 rings (SSSR count). The Balaban J connectivity index is 1.96. The summed E-state index contributed by atoms with van der Waals surface area (Å²) in [6.07, 6.45) is 3.87. The molecule has 0 aromatic carbocycles. The first-order chi connectivity index (χ1) is 10.1. The molecule has 1 atom stereocenters. The van der Waals surface area contributed by atoms with Crippen LogP contribution in [0.4, 0.5) is 5.82 Å². The van der Waals surface area contributed by atoms with E-state index in [9.17, 15) is 9.90 Å². The van der Waals surface area contributed by atoms with Crippen molar-refractivity contribution in [3.63, 3.8) is 0 Å². The molecule has 2 aromatic heterocycles. The molecule has 21 heavy (non-hydrogen) atoms. The van der Waals surface area contributed by atoms with Crippen molar-refractivity contribution in [1.29, 1.82) is 0 Å². The van der Waals surface area contributed by atoms with Gasteiger partial charge in [0, 0.05) is 13.1 Å². The van der Waals surface area contributed by atoms with Crippen LogP contribution in [0.3, 0.4) is 0 Å². The summed E-state index contributed by atoms with van der Waals surface area (Å²) in [6, 6.07) is 0. The molecule has 1 aliphatic heterocycles. The van der Waals surface area contributed by atoms with Gasteiger partial charge in [0.15, 0.2) is 0 Å². The number of carbonyl (C=O) groups is 1. The fourth-order valence-electron chi connectivity index (χ4n) is 3.20. The van der Waals surface area contributed by atoms with Gasteiger partial charge in [0.25, 0.3) is 0 Å². The van der Waals surface area contributed by atoms with E-state index in [0.717, 1.165) is 41.0 Å². The molecular formula is C15H19N3O2S. The molecule has 5 nitrogen and oxygen atoms in total. The van der Waals surface area contributed by atoms with Gasteiger partial charge in [0.05, 0.1) is 15.6 Å². The molecule has 0 aliphatic carbocycles. The fourth-order valence-corrected chi connectivity index (χ4v) is 4.22. The number of nitrogens with zero attached hydrogens (tertiary/aromatic N) is 3. The second kappa shape index (κ2) is 5.26. The average molecular weight is 305 g/mol. The Bertz CT molecular complexity index is 685. The smallest absolute Gasteiger partial charge is 0.311 e. The first-order valence-electron chi connectivity index (χ1n) is 7.24.